The fourth-order valence-electron chi connectivity index (χ4n) is 2.03. The Kier molecular flexibility index (Phi) is 6.02. The number of rotatable bonds is 5. The minimum absolute atomic E-state index is 0.0654. The van der Waals surface area contributed by atoms with E-state index in [-0.39, 0.29) is 12.2 Å². The molecular formula is C16H20N8O3. The molecule has 0 saturated heterocycles. The second-order valence-electron chi connectivity index (χ2n) is 6.50. The van der Waals surface area contributed by atoms with Gasteiger partial charge in [-0.25, -0.2) is 19.7 Å². The van der Waals surface area contributed by atoms with Crippen molar-refractivity contribution >= 4 is 12.0 Å². The molecular weight excluding hydrogens is 352 g/mol. The Morgan fingerprint density at radius 2 is 2.04 bits per heavy atom. The standard InChI is InChI=1S/C16H20N8O3/c1-10(23-15(26)27-16(2,3)4)13-21-9-22-24(13)12-8-19-11(7-20-12)14(25)18-6-5-17/h7-10H,6H2,1-4H3,(H,18,25)(H,23,26)/t10-/m0/s1. The number of hydrogen-bond donors (Lipinski definition) is 2. The molecule has 0 radical (unpaired) electrons. The molecule has 0 unspecified atom stereocenters. The number of hydrogen-bond acceptors (Lipinski definition) is 8. The summed E-state index contributed by atoms with van der Waals surface area (Å²) in [6.45, 7) is 6.90. The van der Waals surface area contributed by atoms with E-state index in [9.17, 15) is 9.59 Å². The van der Waals surface area contributed by atoms with E-state index < -0.39 is 23.6 Å². The van der Waals surface area contributed by atoms with E-state index in [0.717, 1.165) is 0 Å². The normalized spacial score (nSPS) is 12.0. The van der Waals surface area contributed by atoms with Crippen molar-refractivity contribution in [1.82, 2.24) is 35.4 Å². The average molecular weight is 372 g/mol. The summed E-state index contributed by atoms with van der Waals surface area (Å²) in [4.78, 5) is 36.0. The monoisotopic (exact) mass is 372 g/mol. The van der Waals surface area contributed by atoms with Crippen LogP contribution in [0.5, 0.6) is 0 Å². The van der Waals surface area contributed by atoms with Gasteiger partial charge in [-0.2, -0.15) is 15.0 Å². The zero-order valence-corrected chi connectivity index (χ0v) is 15.4. The van der Waals surface area contributed by atoms with Crippen molar-refractivity contribution in [2.24, 2.45) is 0 Å². The van der Waals surface area contributed by atoms with Crippen molar-refractivity contribution in [1.29, 1.82) is 5.26 Å². The molecule has 0 fully saturated rings. The van der Waals surface area contributed by atoms with Crippen LogP contribution in [0.4, 0.5) is 4.79 Å². The smallest absolute Gasteiger partial charge is 0.408 e. The van der Waals surface area contributed by atoms with Crippen LogP contribution in [0.3, 0.4) is 0 Å². The molecule has 2 amide bonds. The van der Waals surface area contributed by atoms with Gasteiger partial charge in [0.15, 0.2) is 11.6 Å². The minimum Gasteiger partial charge on any atom is -0.444 e. The lowest BCUT2D eigenvalue weighted by molar-refractivity contribution is 0.0505. The van der Waals surface area contributed by atoms with Crippen molar-refractivity contribution in [2.75, 3.05) is 6.54 Å². The lowest BCUT2D eigenvalue weighted by atomic mass is 10.2. The van der Waals surface area contributed by atoms with E-state index in [2.05, 4.69) is 30.7 Å². The van der Waals surface area contributed by atoms with Crippen molar-refractivity contribution in [3.05, 3.63) is 30.2 Å². The maximum Gasteiger partial charge on any atom is 0.408 e. The molecule has 142 valence electrons. The van der Waals surface area contributed by atoms with E-state index >= 15 is 0 Å². The molecule has 0 aliphatic rings. The molecule has 0 aliphatic heterocycles. The number of nitriles is 1. The van der Waals surface area contributed by atoms with Gasteiger partial charge in [-0.3, -0.25) is 4.79 Å². The molecule has 0 bridgehead atoms. The number of ether oxygens (including phenoxy) is 1. The van der Waals surface area contributed by atoms with Crippen LogP contribution in [0.1, 0.15) is 50.0 Å². The zero-order valence-electron chi connectivity index (χ0n) is 15.4. The Labute approximate surface area is 155 Å². The fourth-order valence-corrected chi connectivity index (χ4v) is 2.03. The van der Waals surface area contributed by atoms with E-state index in [0.29, 0.717) is 11.6 Å². The Bertz CT molecular complexity index is 848. The molecule has 0 aliphatic carbocycles. The summed E-state index contributed by atoms with van der Waals surface area (Å²) in [5.41, 5.74) is -0.555. The van der Waals surface area contributed by atoms with Gasteiger partial charge in [-0.05, 0) is 27.7 Å². The quantitative estimate of drug-likeness (QED) is 0.735. The molecule has 2 aromatic rings. The second kappa shape index (κ2) is 8.22. The maximum absolute atomic E-state index is 11.9. The van der Waals surface area contributed by atoms with Crippen molar-refractivity contribution < 1.29 is 14.3 Å². The fraction of sp³-hybridized carbons (Fsp3) is 0.438. The first kappa shape index (κ1) is 19.8. The molecule has 0 spiro atoms. The predicted octanol–water partition coefficient (Wildman–Crippen LogP) is 0.896. The van der Waals surface area contributed by atoms with Crippen LogP contribution < -0.4 is 10.6 Å². The topological polar surface area (TPSA) is 148 Å². The van der Waals surface area contributed by atoms with Gasteiger partial charge in [0, 0.05) is 0 Å². The van der Waals surface area contributed by atoms with E-state index in [1.807, 2.05) is 0 Å². The molecule has 1 atom stereocenters. The lowest BCUT2D eigenvalue weighted by Gasteiger charge is -2.21. The Morgan fingerprint density at radius 3 is 2.63 bits per heavy atom. The van der Waals surface area contributed by atoms with Gasteiger partial charge in [-0.1, -0.05) is 0 Å². The third-order valence-corrected chi connectivity index (χ3v) is 3.11. The SMILES string of the molecule is C[C@H](NC(=O)OC(C)(C)C)c1ncnn1-c1cnc(C(=O)NCC#N)cn1. The van der Waals surface area contributed by atoms with Crippen molar-refractivity contribution in [3.8, 4) is 11.9 Å². The third-order valence-electron chi connectivity index (χ3n) is 3.11. The first-order valence-electron chi connectivity index (χ1n) is 8.08. The largest absolute Gasteiger partial charge is 0.444 e. The van der Waals surface area contributed by atoms with Crippen LogP contribution in [0, 0.1) is 11.3 Å². The zero-order chi connectivity index (χ0) is 20.0. The number of nitrogens with zero attached hydrogens (tertiary/aromatic N) is 6. The summed E-state index contributed by atoms with van der Waals surface area (Å²) in [5, 5.41) is 17.6. The predicted molar refractivity (Wildman–Crippen MR) is 92.7 cm³/mol. The number of aromatic nitrogens is 5. The summed E-state index contributed by atoms with van der Waals surface area (Å²) in [7, 11) is 0. The summed E-state index contributed by atoms with van der Waals surface area (Å²) >= 11 is 0. The molecule has 11 nitrogen and oxygen atoms in total. The summed E-state index contributed by atoms with van der Waals surface area (Å²) in [5.74, 6) is 0.225. The Balaban J connectivity index is 2.13. The molecule has 2 heterocycles. The van der Waals surface area contributed by atoms with Gasteiger partial charge in [0.2, 0.25) is 0 Å². The Hall–Kier alpha value is -3.55. The molecule has 2 N–H and O–H groups in total. The van der Waals surface area contributed by atoms with Gasteiger partial charge < -0.3 is 15.4 Å². The highest BCUT2D eigenvalue weighted by atomic mass is 16.6. The highest BCUT2D eigenvalue weighted by molar-refractivity contribution is 5.92. The Morgan fingerprint density at radius 1 is 1.30 bits per heavy atom. The number of amides is 2. The first-order chi connectivity index (χ1) is 12.7. The van der Waals surface area contributed by atoms with Gasteiger partial charge in [-0.15, -0.1) is 0 Å². The van der Waals surface area contributed by atoms with Crippen LogP contribution >= 0.6 is 0 Å². The van der Waals surface area contributed by atoms with Crippen LogP contribution in [-0.4, -0.2) is 48.9 Å². The van der Waals surface area contributed by atoms with Crippen LogP contribution in [0.2, 0.25) is 0 Å². The van der Waals surface area contributed by atoms with Crippen molar-refractivity contribution in [2.45, 2.75) is 39.3 Å². The molecule has 0 aromatic carbocycles. The number of alkyl carbamates (subject to hydrolysis) is 1. The number of carbonyl (C=O) groups is 2. The summed E-state index contributed by atoms with van der Waals surface area (Å²) in [6, 6.07) is 1.29. The average Bonchev–Trinajstić information content (AvgIpc) is 3.08. The summed E-state index contributed by atoms with van der Waals surface area (Å²) in [6.07, 6.45) is 3.34. The highest BCUT2D eigenvalue weighted by Gasteiger charge is 2.22. The second-order valence-corrected chi connectivity index (χ2v) is 6.50. The van der Waals surface area contributed by atoms with Crippen LogP contribution in [0.25, 0.3) is 5.82 Å². The van der Waals surface area contributed by atoms with Crippen molar-refractivity contribution in [3.63, 3.8) is 0 Å². The minimum atomic E-state index is -0.620. The first-order valence-corrected chi connectivity index (χ1v) is 8.08. The van der Waals surface area contributed by atoms with E-state index in [4.69, 9.17) is 10.00 Å². The van der Waals surface area contributed by atoms with Gasteiger partial charge in [0.1, 0.15) is 24.2 Å². The van der Waals surface area contributed by atoms with E-state index in [1.54, 1.807) is 33.8 Å². The highest BCUT2D eigenvalue weighted by Crippen LogP contribution is 2.14. The van der Waals surface area contributed by atoms with Gasteiger partial charge >= 0.3 is 6.09 Å². The van der Waals surface area contributed by atoms with Crippen LogP contribution in [0.15, 0.2) is 18.7 Å². The van der Waals surface area contributed by atoms with E-state index in [1.165, 1.54) is 23.4 Å². The lowest BCUT2D eigenvalue weighted by Crippen LogP contribution is -2.35. The molecule has 2 rings (SSSR count). The maximum atomic E-state index is 11.9. The van der Waals surface area contributed by atoms with Crippen LogP contribution in [-0.2, 0) is 4.74 Å². The molecule has 2 aromatic heterocycles. The summed E-state index contributed by atoms with van der Waals surface area (Å²) < 4.78 is 6.62. The third kappa shape index (κ3) is 5.46. The number of carbonyl (C=O) groups excluding carboxylic acids is 2. The molecule has 27 heavy (non-hydrogen) atoms. The molecule has 11 heteroatoms. The molecule has 0 saturated carbocycles. The van der Waals surface area contributed by atoms with Gasteiger partial charge in [0.05, 0.1) is 24.5 Å². The van der Waals surface area contributed by atoms with Gasteiger partial charge in [0.25, 0.3) is 5.91 Å². The number of nitrogens with one attached hydrogen (secondary N) is 2.